The highest BCUT2D eigenvalue weighted by atomic mass is 16.1. The smallest absolute Gasteiger partial charge is 0.220 e. The number of carbonyl (C=O) groups excluding carboxylic acids is 1. The fourth-order valence-electron chi connectivity index (χ4n) is 2.90. The van der Waals surface area contributed by atoms with Gasteiger partial charge < -0.3 is 15.2 Å². The lowest BCUT2D eigenvalue weighted by Crippen LogP contribution is -2.35. The highest BCUT2D eigenvalue weighted by molar-refractivity contribution is 5.76. The molecule has 21 heavy (non-hydrogen) atoms. The molecular weight excluding hydrogens is 266 g/mol. The van der Waals surface area contributed by atoms with E-state index in [0.717, 1.165) is 18.9 Å². The molecule has 2 unspecified atom stereocenters. The van der Waals surface area contributed by atoms with Crippen LogP contribution in [-0.2, 0) is 11.3 Å². The summed E-state index contributed by atoms with van der Waals surface area (Å²) in [6.45, 7) is 8.93. The zero-order valence-electron chi connectivity index (χ0n) is 13.3. The molecule has 1 fully saturated rings. The topological polar surface area (TPSA) is 71.8 Å². The Labute approximate surface area is 126 Å². The summed E-state index contributed by atoms with van der Waals surface area (Å²) in [6.07, 6.45) is 4.74. The summed E-state index contributed by atoms with van der Waals surface area (Å²) in [7, 11) is 0. The van der Waals surface area contributed by atoms with Crippen LogP contribution in [0.25, 0.3) is 0 Å². The van der Waals surface area contributed by atoms with E-state index in [9.17, 15) is 4.79 Å². The summed E-state index contributed by atoms with van der Waals surface area (Å²) in [5.41, 5.74) is 0. The van der Waals surface area contributed by atoms with Crippen molar-refractivity contribution >= 4 is 5.91 Å². The van der Waals surface area contributed by atoms with Crippen LogP contribution in [0.5, 0.6) is 0 Å². The summed E-state index contributed by atoms with van der Waals surface area (Å²) >= 11 is 0. The number of amides is 1. The van der Waals surface area contributed by atoms with E-state index in [1.54, 1.807) is 6.33 Å². The van der Waals surface area contributed by atoms with Crippen LogP contribution in [0.1, 0.15) is 51.9 Å². The minimum absolute atomic E-state index is 0.103. The average molecular weight is 293 g/mol. The molecule has 1 aromatic rings. The molecule has 2 N–H and O–H groups in total. The fourth-order valence-corrected chi connectivity index (χ4v) is 2.90. The van der Waals surface area contributed by atoms with Gasteiger partial charge in [0, 0.05) is 12.5 Å². The van der Waals surface area contributed by atoms with Gasteiger partial charge >= 0.3 is 0 Å². The van der Waals surface area contributed by atoms with E-state index in [1.165, 1.54) is 12.8 Å². The van der Waals surface area contributed by atoms with Gasteiger partial charge in [-0.15, -0.1) is 10.2 Å². The third-order valence-electron chi connectivity index (χ3n) is 4.29. The Balaban J connectivity index is 1.77. The van der Waals surface area contributed by atoms with Crippen molar-refractivity contribution in [2.24, 2.45) is 11.8 Å². The quantitative estimate of drug-likeness (QED) is 0.834. The molecule has 6 nitrogen and oxygen atoms in total. The van der Waals surface area contributed by atoms with Crippen LogP contribution in [0, 0.1) is 11.8 Å². The van der Waals surface area contributed by atoms with Crippen molar-refractivity contribution in [3.63, 3.8) is 0 Å². The third kappa shape index (κ3) is 4.52. The van der Waals surface area contributed by atoms with Crippen LogP contribution >= 0.6 is 0 Å². The molecule has 1 aliphatic heterocycles. The number of carbonyl (C=O) groups is 1. The first-order valence-electron chi connectivity index (χ1n) is 7.93. The first-order chi connectivity index (χ1) is 10.1. The molecule has 0 spiro atoms. The normalized spacial score (nSPS) is 20.5. The predicted molar refractivity (Wildman–Crippen MR) is 81.6 cm³/mol. The molecular formula is C15H27N5O. The monoisotopic (exact) mass is 293 g/mol. The number of nitrogens with zero attached hydrogens (tertiary/aromatic N) is 3. The maximum Gasteiger partial charge on any atom is 0.220 e. The van der Waals surface area contributed by atoms with E-state index < -0.39 is 0 Å². The van der Waals surface area contributed by atoms with Crippen LogP contribution in [0.4, 0.5) is 0 Å². The molecule has 2 rings (SSSR count). The van der Waals surface area contributed by atoms with Crippen molar-refractivity contribution in [2.45, 2.75) is 52.6 Å². The highest BCUT2D eigenvalue weighted by Gasteiger charge is 2.22. The van der Waals surface area contributed by atoms with Crippen molar-refractivity contribution < 1.29 is 4.79 Å². The second-order valence-corrected chi connectivity index (χ2v) is 6.31. The summed E-state index contributed by atoms with van der Waals surface area (Å²) in [4.78, 5) is 12.1. The van der Waals surface area contributed by atoms with Gasteiger partial charge in [0.1, 0.15) is 6.33 Å². The van der Waals surface area contributed by atoms with Gasteiger partial charge in [-0.2, -0.15) is 0 Å². The molecule has 2 heterocycles. The number of nitrogens with one attached hydrogen (secondary N) is 2. The van der Waals surface area contributed by atoms with Crippen LogP contribution in [0.3, 0.4) is 0 Å². The van der Waals surface area contributed by atoms with Gasteiger partial charge in [0.2, 0.25) is 5.91 Å². The first-order valence-corrected chi connectivity index (χ1v) is 7.93. The highest BCUT2D eigenvalue weighted by Crippen LogP contribution is 2.22. The zero-order chi connectivity index (χ0) is 15.2. The molecule has 1 aliphatic rings. The van der Waals surface area contributed by atoms with Crippen molar-refractivity contribution in [3.05, 3.63) is 12.2 Å². The second kappa shape index (κ2) is 7.54. The Hall–Kier alpha value is -1.43. The molecule has 6 heteroatoms. The van der Waals surface area contributed by atoms with Gasteiger partial charge in [0.25, 0.3) is 0 Å². The molecule has 1 aromatic heterocycles. The number of rotatable bonds is 6. The van der Waals surface area contributed by atoms with E-state index in [0.29, 0.717) is 30.8 Å². The van der Waals surface area contributed by atoms with Gasteiger partial charge in [-0.25, -0.2) is 0 Å². The minimum atomic E-state index is 0.103. The number of hydrogen-bond donors (Lipinski definition) is 2. The van der Waals surface area contributed by atoms with Crippen molar-refractivity contribution in [2.75, 3.05) is 13.1 Å². The summed E-state index contributed by atoms with van der Waals surface area (Å²) in [5.74, 6) is 1.95. The number of hydrogen-bond acceptors (Lipinski definition) is 4. The fraction of sp³-hybridized carbons (Fsp3) is 0.800. The molecule has 118 valence electrons. The van der Waals surface area contributed by atoms with Crippen LogP contribution < -0.4 is 10.6 Å². The van der Waals surface area contributed by atoms with Gasteiger partial charge in [0.15, 0.2) is 5.82 Å². The molecule has 0 aliphatic carbocycles. The van der Waals surface area contributed by atoms with Gasteiger partial charge in [-0.3, -0.25) is 4.79 Å². The molecule has 0 radical (unpaired) electrons. The van der Waals surface area contributed by atoms with E-state index in [1.807, 2.05) is 4.57 Å². The molecule has 0 saturated carbocycles. The Kier molecular flexibility index (Phi) is 5.73. The van der Waals surface area contributed by atoms with Gasteiger partial charge in [0.05, 0.1) is 6.54 Å². The van der Waals surface area contributed by atoms with Gasteiger partial charge in [-0.1, -0.05) is 6.92 Å². The Morgan fingerprint density at radius 3 is 3.00 bits per heavy atom. The molecule has 1 saturated heterocycles. The lowest BCUT2D eigenvalue weighted by molar-refractivity contribution is -0.122. The van der Waals surface area contributed by atoms with E-state index >= 15 is 0 Å². The van der Waals surface area contributed by atoms with E-state index in [-0.39, 0.29) is 5.91 Å². The SMILES string of the molecule is CC(CC(=O)NCc1nncn1C(C)C)C1CCCNC1. The second-order valence-electron chi connectivity index (χ2n) is 6.31. The Morgan fingerprint density at radius 1 is 1.52 bits per heavy atom. The zero-order valence-corrected chi connectivity index (χ0v) is 13.3. The lowest BCUT2D eigenvalue weighted by Gasteiger charge is -2.28. The Bertz CT molecular complexity index is 451. The van der Waals surface area contributed by atoms with E-state index in [2.05, 4.69) is 41.6 Å². The van der Waals surface area contributed by atoms with Crippen LogP contribution in [-0.4, -0.2) is 33.8 Å². The summed E-state index contributed by atoms with van der Waals surface area (Å²) in [5, 5.41) is 14.4. The first kappa shape index (κ1) is 15.9. The Morgan fingerprint density at radius 2 is 2.33 bits per heavy atom. The summed E-state index contributed by atoms with van der Waals surface area (Å²) < 4.78 is 1.98. The molecule has 1 amide bonds. The average Bonchev–Trinajstić information content (AvgIpc) is 2.94. The summed E-state index contributed by atoms with van der Waals surface area (Å²) in [6, 6.07) is 0.305. The number of aromatic nitrogens is 3. The molecule has 0 aromatic carbocycles. The minimum Gasteiger partial charge on any atom is -0.349 e. The largest absolute Gasteiger partial charge is 0.349 e. The maximum atomic E-state index is 12.1. The molecule has 2 atom stereocenters. The van der Waals surface area contributed by atoms with Crippen molar-refractivity contribution in [1.82, 2.24) is 25.4 Å². The molecule has 0 bridgehead atoms. The van der Waals surface area contributed by atoms with Gasteiger partial charge in [-0.05, 0) is 51.6 Å². The van der Waals surface area contributed by atoms with Crippen LogP contribution in [0.15, 0.2) is 6.33 Å². The predicted octanol–water partition coefficient (Wildman–Crippen LogP) is 1.50. The van der Waals surface area contributed by atoms with Crippen molar-refractivity contribution in [1.29, 1.82) is 0 Å². The maximum absolute atomic E-state index is 12.1. The van der Waals surface area contributed by atoms with Crippen molar-refractivity contribution in [3.8, 4) is 0 Å². The van der Waals surface area contributed by atoms with Crippen LogP contribution in [0.2, 0.25) is 0 Å². The lowest BCUT2D eigenvalue weighted by atomic mass is 9.85. The third-order valence-corrected chi connectivity index (χ3v) is 4.29. The standard InChI is InChI=1S/C15H27N5O/c1-11(2)20-10-18-19-14(20)9-17-15(21)7-12(3)13-5-4-6-16-8-13/h10-13,16H,4-9H2,1-3H3,(H,17,21). The van der Waals surface area contributed by atoms with E-state index in [4.69, 9.17) is 0 Å². The number of piperidine rings is 1.